The SMILES string of the molecule is CCOC(=NC(C)C(C)C)NC(=O)c1ccc(F)cc1. The van der Waals surface area contributed by atoms with Crippen LogP contribution in [0.4, 0.5) is 4.39 Å². The van der Waals surface area contributed by atoms with Gasteiger partial charge in [-0.3, -0.25) is 10.1 Å². The third-order valence-electron chi connectivity index (χ3n) is 2.89. The van der Waals surface area contributed by atoms with Crippen molar-refractivity contribution in [2.24, 2.45) is 10.9 Å². The molecule has 0 spiro atoms. The highest BCUT2D eigenvalue weighted by Crippen LogP contribution is 2.06. The van der Waals surface area contributed by atoms with Crippen LogP contribution >= 0.6 is 0 Å². The van der Waals surface area contributed by atoms with Crippen molar-refractivity contribution in [1.82, 2.24) is 5.32 Å². The summed E-state index contributed by atoms with van der Waals surface area (Å²) in [4.78, 5) is 16.3. The van der Waals surface area contributed by atoms with E-state index in [9.17, 15) is 9.18 Å². The highest BCUT2D eigenvalue weighted by molar-refractivity contribution is 6.04. The Morgan fingerprint density at radius 3 is 2.40 bits per heavy atom. The van der Waals surface area contributed by atoms with E-state index in [0.717, 1.165) is 0 Å². The monoisotopic (exact) mass is 280 g/mol. The van der Waals surface area contributed by atoms with E-state index in [1.54, 1.807) is 0 Å². The van der Waals surface area contributed by atoms with Crippen LogP contribution in [0.15, 0.2) is 29.3 Å². The molecule has 1 atom stereocenters. The summed E-state index contributed by atoms with van der Waals surface area (Å²) in [5, 5.41) is 2.61. The molecule has 4 nitrogen and oxygen atoms in total. The van der Waals surface area contributed by atoms with E-state index in [0.29, 0.717) is 18.1 Å². The Kier molecular flexibility index (Phi) is 6.15. The zero-order valence-electron chi connectivity index (χ0n) is 12.3. The number of amidine groups is 1. The Morgan fingerprint density at radius 2 is 1.90 bits per heavy atom. The van der Waals surface area contributed by atoms with Crippen molar-refractivity contribution in [3.05, 3.63) is 35.6 Å². The molecule has 5 heteroatoms. The van der Waals surface area contributed by atoms with Crippen LogP contribution in [-0.2, 0) is 4.74 Å². The smallest absolute Gasteiger partial charge is 0.291 e. The van der Waals surface area contributed by atoms with E-state index in [1.807, 2.05) is 27.7 Å². The molecule has 0 saturated carbocycles. The molecule has 1 aromatic carbocycles. The van der Waals surface area contributed by atoms with Gasteiger partial charge in [-0.25, -0.2) is 9.38 Å². The average molecular weight is 280 g/mol. The minimum atomic E-state index is -0.381. The first-order valence-corrected chi connectivity index (χ1v) is 6.71. The Labute approximate surface area is 119 Å². The molecule has 20 heavy (non-hydrogen) atoms. The highest BCUT2D eigenvalue weighted by atomic mass is 19.1. The van der Waals surface area contributed by atoms with E-state index in [1.165, 1.54) is 24.3 Å². The summed E-state index contributed by atoms with van der Waals surface area (Å²) in [6.07, 6.45) is 0. The fourth-order valence-corrected chi connectivity index (χ4v) is 1.35. The van der Waals surface area contributed by atoms with Crippen molar-refractivity contribution in [3.8, 4) is 0 Å². The number of halogens is 1. The minimum Gasteiger partial charge on any atom is -0.465 e. The number of carbonyl (C=O) groups is 1. The molecule has 0 fully saturated rings. The van der Waals surface area contributed by atoms with Gasteiger partial charge in [-0.2, -0.15) is 0 Å². The quantitative estimate of drug-likeness (QED) is 0.681. The number of carbonyl (C=O) groups excluding carboxylic acids is 1. The van der Waals surface area contributed by atoms with Crippen LogP contribution in [0.1, 0.15) is 38.1 Å². The standard InChI is InChI=1S/C15H21FN2O2/c1-5-20-15(17-11(4)10(2)3)18-14(19)12-6-8-13(16)9-7-12/h6-11H,5H2,1-4H3,(H,17,18,19). The molecule has 0 aliphatic rings. The van der Waals surface area contributed by atoms with Gasteiger partial charge >= 0.3 is 0 Å². The number of hydrogen-bond acceptors (Lipinski definition) is 3. The molecule has 0 saturated heterocycles. The Balaban J connectivity index is 2.79. The van der Waals surface area contributed by atoms with Gasteiger partial charge in [0.2, 0.25) is 0 Å². The maximum Gasteiger partial charge on any atom is 0.291 e. The van der Waals surface area contributed by atoms with E-state index >= 15 is 0 Å². The van der Waals surface area contributed by atoms with Gasteiger partial charge in [0.25, 0.3) is 11.9 Å². The largest absolute Gasteiger partial charge is 0.465 e. The molecule has 0 radical (unpaired) electrons. The molecule has 1 amide bonds. The van der Waals surface area contributed by atoms with Crippen molar-refractivity contribution in [3.63, 3.8) is 0 Å². The topological polar surface area (TPSA) is 50.7 Å². The normalized spacial score (nSPS) is 13.2. The summed E-state index contributed by atoms with van der Waals surface area (Å²) in [5.41, 5.74) is 0.357. The van der Waals surface area contributed by atoms with Gasteiger partial charge in [-0.05, 0) is 44.0 Å². The molecular formula is C15H21FN2O2. The van der Waals surface area contributed by atoms with Crippen molar-refractivity contribution in [1.29, 1.82) is 0 Å². The summed E-state index contributed by atoms with van der Waals surface area (Å²) < 4.78 is 18.1. The maximum absolute atomic E-state index is 12.8. The van der Waals surface area contributed by atoms with Gasteiger partial charge in [0.1, 0.15) is 5.82 Å². The lowest BCUT2D eigenvalue weighted by Crippen LogP contribution is -2.34. The van der Waals surface area contributed by atoms with Crippen LogP contribution in [0.25, 0.3) is 0 Å². The predicted octanol–water partition coefficient (Wildman–Crippen LogP) is 2.99. The third kappa shape index (κ3) is 4.99. The summed E-state index contributed by atoms with van der Waals surface area (Å²) in [6, 6.07) is 5.54. The van der Waals surface area contributed by atoms with Gasteiger partial charge < -0.3 is 4.74 Å². The van der Waals surface area contributed by atoms with Crippen LogP contribution in [0.5, 0.6) is 0 Å². The van der Waals surface area contributed by atoms with Crippen molar-refractivity contribution >= 4 is 11.9 Å². The summed E-state index contributed by atoms with van der Waals surface area (Å²) in [6.45, 7) is 8.26. The second kappa shape index (κ2) is 7.62. The van der Waals surface area contributed by atoms with Crippen molar-refractivity contribution in [2.45, 2.75) is 33.7 Å². The molecule has 0 aliphatic heterocycles. The first-order valence-electron chi connectivity index (χ1n) is 6.71. The molecule has 0 aliphatic carbocycles. The second-order valence-electron chi connectivity index (χ2n) is 4.81. The molecule has 0 heterocycles. The van der Waals surface area contributed by atoms with E-state index < -0.39 is 0 Å². The number of amides is 1. The number of nitrogens with zero attached hydrogens (tertiary/aromatic N) is 1. The summed E-state index contributed by atoms with van der Waals surface area (Å²) in [7, 11) is 0. The van der Waals surface area contributed by atoms with Gasteiger partial charge in [-0.15, -0.1) is 0 Å². The Hall–Kier alpha value is -1.91. The lowest BCUT2D eigenvalue weighted by Gasteiger charge is -2.14. The average Bonchev–Trinajstić information content (AvgIpc) is 2.39. The van der Waals surface area contributed by atoms with Crippen molar-refractivity contribution < 1.29 is 13.9 Å². The zero-order valence-corrected chi connectivity index (χ0v) is 12.3. The molecule has 0 aromatic heterocycles. The molecule has 0 bridgehead atoms. The third-order valence-corrected chi connectivity index (χ3v) is 2.89. The van der Waals surface area contributed by atoms with E-state index in [4.69, 9.17) is 4.74 Å². The lowest BCUT2D eigenvalue weighted by atomic mass is 10.1. The molecule has 1 N–H and O–H groups in total. The first-order chi connectivity index (χ1) is 9.43. The first kappa shape index (κ1) is 16.1. The maximum atomic E-state index is 12.8. The second-order valence-corrected chi connectivity index (χ2v) is 4.81. The van der Waals surface area contributed by atoms with Crippen LogP contribution in [-0.4, -0.2) is 24.6 Å². The predicted molar refractivity (Wildman–Crippen MR) is 77.2 cm³/mol. The molecule has 1 aromatic rings. The molecule has 1 unspecified atom stereocenters. The fraction of sp³-hybridized carbons (Fsp3) is 0.467. The Morgan fingerprint density at radius 1 is 1.30 bits per heavy atom. The number of aliphatic imine (C=N–C) groups is 1. The number of ether oxygens (including phenoxy) is 1. The number of nitrogens with one attached hydrogen (secondary N) is 1. The van der Waals surface area contributed by atoms with Gasteiger partial charge in [0.15, 0.2) is 0 Å². The fourth-order valence-electron chi connectivity index (χ4n) is 1.35. The summed E-state index contributed by atoms with van der Waals surface area (Å²) in [5.74, 6) is -0.407. The van der Waals surface area contributed by atoms with Crippen LogP contribution in [0.2, 0.25) is 0 Å². The summed E-state index contributed by atoms with van der Waals surface area (Å²) >= 11 is 0. The molecular weight excluding hydrogens is 259 g/mol. The van der Waals surface area contributed by atoms with Gasteiger partial charge in [0.05, 0.1) is 12.6 Å². The number of rotatable bonds is 4. The zero-order chi connectivity index (χ0) is 15.1. The van der Waals surface area contributed by atoms with Gasteiger partial charge in [0, 0.05) is 5.56 Å². The Bertz CT molecular complexity index is 469. The van der Waals surface area contributed by atoms with Crippen LogP contribution in [0.3, 0.4) is 0 Å². The van der Waals surface area contributed by atoms with E-state index in [2.05, 4.69) is 10.3 Å². The van der Waals surface area contributed by atoms with E-state index in [-0.39, 0.29) is 23.8 Å². The molecule has 110 valence electrons. The van der Waals surface area contributed by atoms with Crippen molar-refractivity contribution in [2.75, 3.05) is 6.61 Å². The molecule has 1 rings (SSSR count). The van der Waals surface area contributed by atoms with Crippen LogP contribution in [0, 0.1) is 11.7 Å². The highest BCUT2D eigenvalue weighted by Gasteiger charge is 2.12. The van der Waals surface area contributed by atoms with Crippen LogP contribution < -0.4 is 5.32 Å². The van der Waals surface area contributed by atoms with Gasteiger partial charge in [-0.1, -0.05) is 13.8 Å². The lowest BCUT2D eigenvalue weighted by molar-refractivity contribution is 0.0966. The number of hydrogen-bond donors (Lipinski definition) is 1. The number of benzene rings is 1. The minimum absolute atomic E-state index is 0.0325.